The molecule has 0 aromatic heterocycles. The van der Waals surface area contributed by atoms with E-state index < -0.39 is 0 Å². The quantitative estimate of drug-likeness (QED) is 0.538. The first-order chi connectivity index (χ1) is 7.33. The van der Waals surface area contributed by atoms with Crippen molar-refractivity contribution < 1.29 is 14.3 Å². The highest BCUT2D eigenvalue weighted by molar-refractivity contribution is 5.75. The summed E-state index contributed by atoms with van der Waals surface area (Å²) < 4.78 is 10.5. The van der Waals surface area contributed by atoms with Crippen LogP contribution >= 0.6 is 0 Å². The summed E-state index contributed by atoms with van der Waals surface area (Å²) in [5.41, 5.74) is 0. The van der Waals surface area contributed by atoms with E-state index in [0.717, 1.165) is 13.1 Å². The Balaban J connectivity index is 1.84. The molecule has 0 atom stereocenters. The molecule has 1 fully saturated rings. The Morgan fingerprint density at radius 1 is 1.47 bits per heavy atom. The summed E-state index contributed by atoms with van der Waals surface area (Å²) >= 11 is 0. The monoisotopic (exact) mass is 216 g/mol. The standard InChI is InChI=1S/C10H20N2O3/c1-2-14-6-4-12-10(13)3-5-15-9-7-11-8-9/h9,11H,2-8H2,1H3,(H,12,13). The molecule has 5 nitrogen and oxygen atoms in total. The Kier molecular flexibility index (Phi) is 6.31. The largest absolute Gasteiger partial charge is 0.380 e. The Morgan fingerprint density at radius 2 is 2.27 bits per heavy atom. The molecule has 0 aromatic carbocycles. The Labute approximate surface area is 90.5 Å². The van der Waals surface area contributed by atoms with E-state index in [1.54, 1.807) is 0 Å². The third-order valence-electron chi connectivity index (χ3n) is 2.20. The highest BCUT2D eigenvalue weighted by Crippen LogP contribution is 1.98. The van der Waals surface area contributed by atoms with Gasteiger partial charge in [-0.05, 0) is 6.92 Å². The van der Waals surface area contributed by atoms with Gasteiger partial charge < -0.3 is 20.1 Å². The predicted octanol–water partition coefficient (Wildman–Crippen LogP) is -0.482. The van der Waals surface area contributed by atoms with E-state index in [1.165, 1.54) is 0 Å². The second-order valence-corrected chi connectivity index (χ2v) is 3.45. The topological polar surface area (TPSA) is 59.6 Å². The molecule has 0 aliphatic carbocycles. The Morgan fingerprint density at radius 3 is 2.87 bits per heavy atom. The molecule has 0 radical (unpaired) electrons. The average Bonchev–Trinajstić information content (AvgIpc) is 2.17. The van der Waals surface area contributed by atoms with Crippen LogP contribution in [0.2, 0.25) is 0 Å². The van der Waals surface area contributed by atoms with Gasteiger partial charge in [-0.2, -0.15) is 0 Å². The number of amides is 1. The van der Waals surface area contributed by atoms with Crippen LogP contribution in [0, 0.1) is 0 Å². The van der Waals surface area contributed by atoms with Crippen LogP contribution in [0.25, 0.3) is 0 Å². The maximum atomic E-state index is 11.2. The van der Waals surface area contributed by atoms with Gasteiger partial charge in [0.1, 0.15) is 0 Å². The molecule has 1 aliphatic heterocycles. The van der Waals surface area contributed by atoms with E-state index in [2.05, 4.69) is 10.6 Å². The van der Waals surface area contributed by atoms with Crippen molar-refractivity contribution in [1.29, 1.82) is 0 Å². The number of carbonyl (C=O) groups excluding carboxylic acids is 1. The molecule has 15 heavy (non-hydrogen) atoms. The van der Waals surface area contributed by atoms with E-state index in [1.807, 2.05) is 6.92 Å². The predicted molar refractivity (Wildman–Crippen MR) is 56.7 cm³/mol. The number of rotatable bonds is 8. The van der Waals surface area contributed by atoms with Crippen LogP contribution in [0.1, 0.15) is 13.3 Å². The van der Waals surface area contributed by atoms with Gasteiger partial charge in [-0.1, -0.05) is 0 Å². The smallest absolute Gasteiger partial charge is 0.222 e. The maximum absolute atomic E-state index is 11.2. The van der Waals surface area contributed by atoms with Crippen LogP contribution in [0.15, 0.2) is 0 Å². The van der Waals surface area contributed by atoms with E-state index in [-0.39, 0.29) is 5.91 Å². The summed E-state index contributed by atoms with van der Waals surface area (Å²) in [5, 5.41) is 5.87. The molecule has 1 saturated heterocycles. The second kappa shape index (κ2) is 7.62. The van der Waals surface area contributed by atoms with Crippen molar-refractivity contribution in [2.24, 2.45) is 0 Å². The van der Waals surface area contributed by atoms with Crippen LogP contribution in [-0.4, -0.2) is 51.5 Å². The molecular weight excluding hydrogens is 196 g/mol. The lowest BCUT2D eigenvalue weighted by Gasteiger charge is -2.26. The van der Waals surface area contributed by atoms with E-state index in [9.17, 15) is 4.79 Å². The summed E-state index contributed by atoms with van der Waals surface area (Å²) in [4.78, 5) is 11.2. The molecule has 1 amide bonds. The normalized spacial score (nSPS) is 16.1. The summed E-state index contributed by atoms with van der Waals surface area (Å²) in [5.74, 6) is 0.0296. The SMILES string of the molecule is CCOCCNC(=O)CCOC1CNC1. The molecule has 88 valence electrons. The summed E-state index contributed by atoms with van der Waals surface area (Å²) in [6.45, 7) is 6.11. The minimum absolute atomic E-state index is 0.0296. The van der Waals surface area contributed by atoms with Gasteiger partial charge in [0.25, 0.3) is 0 Å². The highest BCUT2D eigenvalue weighted by atomic mass is 16.5. The number of hydrogen-bond donors (Lipinski definition) is 2. The summed E-state index contributed by atoms with van der Waals surface area (Å²) in [7, 11) is 0. The molecule has 0 spiro atoms. The van der Waals surface area contributed by atoms with Gasteiger partial charge >= 0.3 is 0 Å². The first-order valence-corrected chi connectivity index (χ1v) is 5.49. The van der Waals surface area contributed by atoms with Gasteiger partial charge in [-0.15, -0.1) is 0 Å². The summed E-state index contributed by atoms with van der Waals surface area (Å²) in [6.07, 6.45) is 0.740. The van der Waals surface area contributed by atoms with Gasteiger partial charge in [-0.25, -0.2) is 0 Å². The molecule has 2 N–H and O–H groups in total. The van der Waals surface area contributed by atoms with E-state index in [0.29, 0.717) is 38.9 Å². The lowest BCUT2D eigenvalue weighted by atomic mass is 10.2. The third-order valence-corrected chi connectivity index (χ3v) is 2.20. The number of nitrogens with one attached hydrogen (secondary N) is 2. The fraction of sp³-hybridized carbons (Fsp3) is 0.900. The molecule has 0 saturated carbocycles. The van der Waals surface area contributed by atoms with Gasteiger partial charge in [0.05, 0.1) is 19.3 Å². The van der Waals surface area contributed by atoms with Gasteiger partial charge in [-0.3, -0.25) is 4.79 Å². The Hall–Kier alpha value is -0.650. The Bertz CT molecular complexity index is 184. The van der Waals surface area contributed by atoms with E-state index in [4.69, 9.17) is 9.47 Å². The van der Waals surface area contributed by atoms with Crippen molar-refractivity contribution in [2.75, 3.05) is 39.5 Å². The average molecular weight is 216 g/mol. The fourth-order valence-electron chi connectivity index (χ4n) is 1.19. The fourth-order valence-corrected chi connectivity index (χ4v) is 1.19. The third kappa shape index (κ3) is 5.71. The molecule has 0 bridgehead atoms. The molecule has 1 rings (SSSR count). The zero-order chi connectivity index (χ0) is 10.9. The zero-order valence-corrected chi connectivity index (χ0v) is 9.25. The summed E-state index contributed by atoms with van der Waals surface area (Å²) in [6, 6.07) is 0. The number of ether oxygens (including phenoxy) is 2. The van der Waals surface area contributed by atoms with Crippen molar-refractivity contribution in [2.45, 2.75) is 19.4 Å². The van der Waals surface area contributed by atoms with Crippen LogP contribution in [0.5, 0.6) is 0 Å². The van der Waals surface area contributed by atoms with Crippen molar-refractivity contribution in [1.82, 2.24) is 10.6 Å². The lowest BCUT2D eigenvalue weighted by molar-refractivity contribution is -0.123. The van der Waals surface area contributed by atoms with Crippen molar-refractivity contribution >= 4 is 5.91 Å². The van der Waals surface area contributed by atoms with Crippen LogP contribution in [-0.2, 0) is 14.3 Å². The molecule has 0 unspecified atom stereocenters. The zero-order valence-electron chi connectivity index (χ0n) is 9.25. The minimum atomic E-state index is 0.0296. The van der Waals surface area contributed by atoms with Gasteiger partial charge in [0, 0.05) is 32.7 Å². The van der Waals surface area contributed by atoms with E-state index >= 15 is 0 Å². The van der Waals surface area contributed by atoms with Crippen molar-refractivity contribution in [3.8, 4) is 0 Å². The molecule has 0 aromatic rings. The van der Waals surface area contributed by atoms with Crippen LogP contribution in [0.3, 0.4) is 0 Å². The molecule has 1 aliphatic rings. The van der Waals surface area contributed by atoms with Crippen LogP contribution < -0.4 is 10.6 Å². The first kappa shape index (κ1) is 12.4. The molecule has 1 heterocycles. The van der Waals surface area contributed by atoms with Gasteiger partial charge in [0.2, 0.25) is 5.91 Å². The van der Waals surface area contributed by atoms with Crippen LogP contribution in [0.4, 0.5) is 0 Å². The number of carbonyl (C=O) groups is 1. The first-order valence-electron chi connectivity index (χ1n) is 5.49. The molecular formula is C10H20N2O3. The van der Waals surface area contributed by atoms with Crippen molar-refractivity contribution in [3.05, 3.63) is 0 Å². The van der Waals surface area contributed by atoms with Gasteiger partial charge in [0.15, 0.2) is 0 Å². The second-order valence-electron chi connectivity index (χ2n) is 3.45. The minimum Gasteiger partial charge on any atom is -0.380 e. The highest BCUT2D eigenvalue weighted by Gasteiger charge is 2.16. The maximum Gasteiger partial charge on any atom is 0.222 e. The number of hydrogen-bond acceptors (Lipinski definition) is 4. The lowest BCUT2D eigenvalue weighted by Crippen LogP contribution is -2.48. The van der Waals surface area contributed by atoms with Crippen molar-refractivity contribution in [3.63, 3.8) is 0 Å². The molecule has 5 heteroatoms.